The summed E-state index contributed by atoms with van der Waals surface area (Å²) in [5.74, 6) is 1.57. The van der Waals surface area contributed by atoms with Crippen LogP contribution in [0.5, 0.6) is 11.5 Å². The van der Waals surface area contributed by atoms with E-state index in [1.165, 1.54) is 0 Å². The van der Waals surface area contributed by atoms with Gasteiger partial charge in [0.25, 0.3) is 0 Å². The molecule has 0 atom stereocenters. The molecule has 1 aromatic rings. The quantitative estimate of drug-likeness (QED) is 0.721. The molecular weight excluding hydrogens is 192 g/mol. The standard InChI is InChI=1S/C11H18N2O2/c1-14-10-7-13-8-11(15-2)9(10)5-3-4-6-12/h7-8H,3-6,12H2,1-2H3. The van der Waals surface area contributed by atoms with Crippen molar-refractivity contribution in [2.45, 2.75) is 19.3 Å². The maximum absolute atomic E-state index is 5.46. The van der Waals surface area contributed by atoms with Crippen molar-refractivity contribution in [2.24, 2.45) is 5.73 Å². The topological polar surface area (TPSA) is 57.4 Å². The number of methoxy groups -OCH3 is 2. The normalized spacial score (nSPS) is 10.1. The average molecular weight is 210 g/mol. The summed E-state index contributed by atoms with van der Waals surface area (Å²) in [5, 5.41) is 0. The molecule has 0 saturated heterocycles. The van der Waals surface area contributed by atoms with Gasteiger partial charge in [-0.05, 0) is 25.8 Å². The van der Waals surface area contributed by atoms with E-state index in [1.807, 2.05) is 0 Å². The molecule has 1 aromatic heterocycles. The minimum atomic E-state index is 0.718. The second-order valence-electron chi connectivity index (χ2n) is 3.27. The molecule has 0 aliphatic rings. The van der Waals surface area contributed by atoms with Crippen LogP contribution in [0.15, 0.2) is 12.4 Å². The van der Waals surface area contributed by atoms with Crippen LogP contribution in [-0.2, 0) is 6.42 Å². The lowest BCUT2D eigenvalue weighted by Gasteiger charge is -2.11. The Hall–Kier alpha value is -1.29. The van der Waals surface area contributed by atoms with E-state index in [1.54, 1.807) is 26.6 Å². The van der Waals surface area contributed by atoms with Gasteiger partial charge in [0, 0.05) is 5.56 Å². The summed E-state index contributed by atoms with van der Waals surface area (Å²) >= 11 is 0. The molecular formula is C11H18N2O2. The van der Waals surface area contributed by atoms with Crippen LogP contribution in [0.25, 0.3) is 0 Å². The predicted octanol–water partition coefficient (Wildman–Crippen LogP) is 1.38. The van der Waals surface area contributed by atoms with Crippen molar-refractivity contribution in [3.05, 3.63) is 18.0 Å². The molecule has 0 radical (unpaired) electrons. The summed E-state index contributed by atoms with van der Waals surface area (Å²) in [6, 6.07) is 0. The molecule has 0 aromatic carbocycles. The molecule has 2 N–H and O–H groups in total. The van der Waals surface area contributed by atoms with E-state index in [4.69, 9.17) is 15.2 Å². The number of hydrogen-bond acceptors (Lipinski definition) is 4. The fourth-order valence-corrected chi connectivity index (χ4v) is 1.49. The molecule has 0 amide bonds. The van der Waals surface area contributed by atoms with Crippen LogP contribution in [0.3, 0.4) is 0 Å². The number of nitrogens with two attached hydrogens (primary N) is 1. The smallest absolute Gasteiger partial charge is 0.144 e. The lowest BCUT2D eigenvalue weighted by Crippen LogP contribution is -2.02. The fourth-order valence-electron chi connectivity index (χ4n) is 1.49. The first-order valence-corrected chi connectivity index (χ1v) is 5.08. The minimum Gasteiger partial charge on any atom is -0.495 e. The number of rotatable bonds is 6. The molecule has 0 bridgehead atoms. The second kappa shape index (κ2) is 6.24. The Labute approximate surface area is 90.4 Å². The molecule has 15 heavy (non-hydrogen) atoms. The highest BCUT2D eigenvalue weighted by atomic mass is 16.5. The lowest BCUT2D eigenvalue weighted by molar-refractivity contribution is 0.381. The number of hydrogen-bond donors (Lipinski definition) is 1. The van der Waals surface area contributed by atoms with Crippen LogP contribution in [0.1, 0.15) is 18.4 Å². The molecule has 84 valence electrons. The molecule has 1 heterocycles. The van der Waals surface area contributed by atoms with Crippen molar-refractivity contribution < 1.29 is 9.47 Å². The van der Waals surface area contributed by atoms with Crippen LogP contribution in [0, 0.1) is 0 Å². The Morgan fingerprint density at radius 3 is 2.20 bits per heavy atom. The van der Waals surface area contributed by atoms with Gasteiger partial charge in [0.2, 0.25) is 0 Å². The summed E-state index contributed by atoms with van der Waals surface area (Å²) in [7, 11) is 3.28. The third-order valence-corrected chi connectivity index (χ3v) is 2.30. The molecule has 0 saturated carbocycles. The third kappa shape index (κ3) is 3.09. The first kappa shape index (κ1) is 11.8. The number of ether oxygens (including phenoxy) is 2. The van der Waals surface area contributed by atoms with Crippen molar-refractivity contribution in [3.63, 3.8) is 0 Å². The van der Waals surface area contributed by atoms with E-state index in [9.17, 15) is 0 Å². The maximum Gasteiger partial charge on any atom is 0.144 e. The Morgan fingerprint density at radius 2 is 1.73 bits per heavy atom. The highest BCUT2D eigenvalue weighted by molar-refractivity contribution is 5.41. The number of pyridine rings is 1. The maximum atomic E-state index is 5.46. The van der Waals surface area contributed by atoms with Gasteiger partial charge >= 0.3 is 0 Å². The summed E-state index contributed by atoms with van der Waals surface area (Å²) in [6.45, 7) is 0.718. The van der Waals surface area contributed by atoms with Crippen molar-refractivity contribution in [1.82, 2.24) is 4.98 Å². The molecule has 0 aliphatic carbocycles. The summed E-state index contributed by atoms with van der Waals surface area (Å²) in [5.41, 5.74) is 6.53. The molecule has 4 heteroatoms. The fraction of sp³-hybridized carbons (Fsp3) is 0.545. The van der Waals surface area contributed by atoms with Crippen molar-refractivity contribution in [1.29, 1.82) is 0 Å². The highest BCUT2D eigenvalue weighted by Gasteiger charge is 2.09. The number of aromatic nitrogens is 1. The van der Waals surface area contributed by atoms with Crippen molar-refractivity contribution in [2.75, 3.05) is 20.8 Å². The molecule has 0 aliphatic heterocycles. The number of nitrogens with zero attached hydrogens (tertiary/aromatic N) is 1. The first-order chi connectivity index (χ1) is 7.33. The van der Waals surface area contributed by atoms with Gasteiger partial charge in [-0.2, -0.15) is 0 Å². The van der Waals surface area contributed by atoms with Crippen LogP contribution in [0.2, 0.25) is 0 Å². The van der Waals surface area contributed by atoms with Gasteiger partial charge < -0.3 is 15.2 Å². The van der Waals surface area contributed by atoms with Crippen molar-refractivity contribution in [3.8, 4) is 11.5 Å². The SMILES string of the molecule is COc1cncc(OC)c1CCCCN. The van der Waals surface area contributed by atoms with E-state index in [0.29, 0.717) is 0 Å². The summed E-state index contributed by atoms with van der Waals surface area (Å²) in [4.78, 5) is 4.04. The lowest BCUT2D eigenvalue weighted by atomic mass is 10.1. The van der Waals surface area contributed by atoms with Gasteiger partial charge in [-0.15, -0.1) is 0 Å². The van der Waals surface area contributed by atoms with E-state index in [-0.39, 0.29) is 0 Å². The zero-order valence-corrected chi connectivity index (χ0v) is 9.32. The molecule has 0 spiro atoms. The number of unbranched alkanes of at least 4 members (excludes halogenated alkanes) is 1. The van der Waals surface area contributed by atoms with Gasteiger partial charge in [-0.25, -0.2) is 0 Å². The van der Waals surface area contributed by atoms with E-state index >= 15 is 0 Å². The third-order valence-electron chi connectivity index (χ3n) is 2.30. The Morgan fingerprint density at radius 1 is 1.13 bits per heavy atom. The van der Waals surface area contributed by atoms with Gasteiger partial charge in [-0.3, -0.25) is 4.98 Å². The van der Waals surface area contributed by atoms with Crippen LogP contribution in [-0.4, -0.2) is 25.7 Å². The monoisotopic (exact) mass is 210 g/mol. The Balaban J connectivity index is 2.80. The zero-order valence-electron chi connectivity index (χ0n) is 9.32. The molecule has 0 unspecified atom stereocenters. The van der Waals surface area contributed by atoms with Gasteiger partial charge in [0.05, 0.1) is 26.6 Å². The average Bonchev–Trinajstić information content (AvgIpc) is 2.29. The Kier molecular flexibility index (Phi) is 4.90. The van der Waals surface area contributed by atoms with E-state index in [0.717, 1.165) is 42.9 Å². The van der Waals surface area contributed by atoms with Crippen LogP contribution < -0.4 is 15.2 Å². The predicted molar refractivity (Wildman–Crippen MR) is 59.3 cm³/mol. The van der Waals surface area contributed by atoms with E-state index < -0.39 is 0 Å². The van der Waals surface area contributed by atoms with Crippen LogP contribution >= 0.6 is 0 Å². The molecule has 0 fully saturated rings. The van der Waals surface area contributed by atoms with Gasteiger partial charge in [0.1, 0.15) is 11.5 Å². The first-order valence-electron chi connectivity index (χ1n) is 5.08. The molecule has 1 rings (SSSR count). The van der Waals surface area contributed by atoms with Gasteiger partial charge in [0.15, 0.2) is 0 Å². The van der Waals surface area contributed by atoms with Gasteiger partial charge in [-0.1, -0.05) is 0 Å². The van der Waals surface area contributed by atoms with Crippen molar-refractivity contribution >= 4 is 0 Å². The van der Waals surface area contributed by atoms with Crippen LogP contribution in [0.4, 0.5) is 0 Å². The molecule has 4 nitrogen and oxygen atoms in total. The largest absolute Gasteiger partial charge is 0.495 e. The zero-order chi connectivity index (χ0) is 11.1. The summed E-state index contributed by atoms with van der Waals surface area (Å²) < 4.78 is 10.5. The minimum absolute atomic E-state index is 0.718. The van der Waals surface area contributed by atoms with E-state index in [2.05, 4.69) is 4.98 Å². The Bertz CT molecular complexity index is 280. The second-order valence-corrected chi connectivity index (χ2v) is 3.27. The highest BCUT2D eigenvalue weighted by Crippen LogP contribution is 2.28. The summed E-state index contributed by atoms with van der Waals surface area (Å²) in [6.07, 6.45) is 6.37.